The van der Waals surface area contributed by atoms with Gasteiger partial charge in [-0.1, -0.05) is 19.3 Å². The third-order valence-electron chi connectivity index (χ3n) is 4.39. The van der Waals surface area contributed by atoms with Gasteiger partial charge in [-0.05, 0) is 53.4 Å². The van der Waals surface area contributed by atoms with E-state index in [0.717, 1.165) is 32.1 Å². The molecule has 0 amide bonds. The fourth-order valence-electron chi connectivity index (χ4n) is 3.77. The van der Waals surface area contributed by atoms with Gasteiger partial charge in [-0.25, -0.2) is 4.79 Å². The van der Waals surface area contributed by atoms with Crippen molar-refractivity contribution in [2.24, 2.45) is 0 Å². The first-order chi connectivity index (χ1) is 11.0. The van der Waals surface area contributed by atoms with E-state index in [1.54, 1.807) is 0 Å². The summed E-state index contributed by atoms with van der Waals surface area (Å²) < 4.78 is 5.94. The number of nitrogens with one attached hydrogen (secondary N) is 1. The fraction of sp³-hybridized carbons (Fsp3) is 0.889. The van der Waals surface area contributed by atoms with Crippen LogP contribution in [0, 0.1) is 0 Å². The van der Waals surface area contributed by atoms with Crippen LogP contribution in [-0.2, 0) is 14.3 Å². The highest BCUT2D eigenvalue weighted by molar-refractivity contribution is 5.72. The Morgan fingerprint density at radius 3 is 2.08 bits per heavy atom. The van der Waals surface area contributed by atoms with Gasteiger partial charge in [0.15, 0.2) is 6.10 Å². The molecule has 1 unspecified atom stereocenters. The number of carbonyl (C=O) groups is 2. The highest BCUT2D eigenvalue weighted by atomic mass is 16.5. The molecule has 24 heavy (non-hydrogen) atoms. The first kappa shape index (κ1) is 20.9. The summed E-state index contributed by atoms with van der Waals surface area (Å²) in [5, 5.41) is 21.6. The van der Waals surface area contributed by atoms with Gasteiger partial charge in [0.05, 0.1) is 6.10 Å². The zero-order chi connectivity index (χ0) is 18.4. The van der Waals surface area contributed by atoms with Crippen LogP contribution in [-0.4, -0.2) is 45.4 Å². The maximum absolute atomic E-state index is 11.5. The Morgan fingerprint density at radius 1 is 1.04 bits per heavy atom. The van der Waals surface area contributed by atoms with Gasteiger partial charge in [0.25, 0.3) is 0 Å². The molecule has 0 aromatic rings. The molecule has 1 atom stereocenters. The fourth-order valence-corrected chi connectivity index (χ4v) is 3.77. The molecule has 0 aliphatic carbocycles. The molecule has 1 aliphatic rings. The van der Waals surface area contributed by atoms with Crippen LogP contribution in [0.15, 0.2) is 0 Å². The molecule has 3 N–H and O–H groups in total. The van der Waals surface area contributed by atoms with Crippen molar-refractivity contribution >= 4 is 11.9 Å². The molecule has 1 saturated heterocycles. The highest BCUT2D eigenvalue weighted by Gasteiger charge is 2.39. The molecule has 0 saturated carbocycles. The van der Waals surface area contributed by atoms with Crippen LogP contribution in [0.2, 0.25) is 0 Å². The Bertz CT molecular complexity index is 417. The minimum Gasteiger partial charge on any atom is -0.481 e. The quantitative estimate of drug-likeness (QED) is 0.527. The minimum absolute atomic E-state index is 0.0654. The molecule has 0 bridgehead atoms. The predicted molar refractivity (Wildman–Crippen MR) is 92.2 cm³/mol. The molecular formula is C18H33NO5. The molecule has 1 heterocycles. The van der Waals surface area contributed by atoms with Crippen molar-refractivity contribution in [1.82, 2.24) is 5.32 Å². The standard InChI is InChI=1S/C18H33NO5/c1-17(2)11-13(12-18(3,4)19-17)24-14(16(22)23)9-7-5-6-8-10-15(20)21/h13-14,19H,5-12H2,1-4H3,(H,20,21)(H,22,23). The molecule has 1 fully saturated rings. The van der Waals surface area contributed by atoms with Gasteiger partial charge in [-0.2, -0.15) is 0 Å². The SMILES string of the molecule is CC1(C)CC(OC(CCCCCCC(=O)O)C(=O)O)CC(C)(C)N1. The summed E-state index contributed by atoms with van der Waals surface area (Å²) in [6, 6.07) is 0. The van der Waals surface area contributed by atoms with Gasteiger partial charge in [0.2, 0.25) is 0 Å². The number of hydrogen-bond acceptors (Lipinski definition) is 4. The summed E-state index contributed by atoms with van der Waals surface area (Å²) in [4.78, 5) is 21.9. The van der Waals surface area contributed by atoms with E-state index in [0.29, 0.717) is 12.8 Å². The van der Waals surface area contributed by atoms with E-state index < -0.39 is 18.0 Å². The lowest BCUT2D eigenvalue weighted by molar-refractivity contribution is -0.158. The van der Waals surface area contributed by atoms with Crippen LogP contribution in [0.4, 0.5) is 0 Å². The van der Waals surface area contributed by atoms with Gasteiger partial charge in [0.1, 0.15) is 0 Å². The number of ether oxygens (including phenoxy) is 1. The molecule has 0 spiro atoms. The smallest absolute Gasteiger partial charge is 0.332 e. The lowest BCUT2D eigenvalue weighted by Gasteiger charge is -2.46. The Kier molecular flexibility index (Phi) is 7.67. The first-order valence-corrected chi connectivity index (χ1v) is 8.90. The Balaban J connectivity index is 2.42. The average Bonchev–Trinajstić information content (AvgIpc) is 2.37. The van der Waals surface area contributed by atoms with Crippen LogP contribution < -0.4 is 5.32 Å². The van der Waals surface area contributed by atoms with Crippen LogP contribution in [0.5, 0.6) is 0 Å². The van der Waals surface area contributed by atoms with E-state index in [-0.39, 0.29) is 23.6 Å². The Labute approximate surface area is 145 Å². The molecule has 6 heteroatoms. The zero-order valence-corrected chi connectivity index (χ0v) is 15.4. The molecule has 1 aliphatic heterocycles. The zero-order valence-electron chi connectivity index (χ0n) is 15.4. The van der Waals surface area contributed by atoms with Gasteiger partial charge in [-0.15, -0.1) is 0 Å². The largest absolute Gasteiger partial charge is 0.481 e. The van der Waals surface area contributed by atoms with Crippen LogP contribution >= 0.6 is 0 Å². The summed E-state index contributed by atoms with van der Waals surface area (Å²) in [7, 11) is 0. The molecule has 6 nitrogen and oxygen atoms in total. The minimum atomic E-state index is -0.908. The van der Waals surface area contributed by atoms with Crippen molar-refractivity contribution in [2.75, 3.05) is 0 Å². The highest BCUT2D eigenvalue weighted by Crippen LogP contribution is 2.31. The van der Waals surface area contributed by atoms with Gasteiger partial charge in [0, 0.05) is 17.5 Å². The number of hydrogen-bond donors (Lipinski definition) is 3. The first-order valence-electron chi connectivity index (χ1n) is 8.90. The normalized spacial score (nSPS) is 21.3. The van der Waals surface area contributed by atoms with Crippen LogP contribution in [0.25, 0.3) is 0 Å². The maximum Gasteiger partial charge on any atom is 0.332 e. The van der Waals surface area contributed by atoms with E-state index in [9.17, 15) is 14.7 Å². The van der Waals surface area contributed by atoms with Crippen molar-refractivity contribution in [3.05, 3.63) is 0 Å². The molecule has 0 radical (unpaired) electrons. The van der Waals surface area contributed by atoms with Crippen molar-refractivity contribution in [2.45, 2.75) is 102 Å². The lowest BCUT2D eigenvalue weighted by atomic mass is 9.81. The number of carboxylic acids is 2. The van der Waals surface area contributed by atoms with E-state index in [2.05, 4.69) is 33.0 Å². The van der Waals surface area contributed by atoms with E-state index in [4.69, 9.17) is 9.84 Å². The van der Waals surface area contributed by atoms with Crippen molar-refractivity contribution in [3.63, 3.8) is 0 Å². The van der Waals surface area contributed by atoms with E-state index >= 15 is 0 Å². The third-order valence-corrected chi connectivity index (χ3v) is 4.39. The average molecular weight is 343 g/mol. The van der Waals surface area contributed by atoms with Crippen LogP contribution in [0.1, 0.15) is 79.1 Å². The van der Waals surface area contributed by atoms with Crippen molar-refractivity contribution in [1.29, 1.82) is 0 Å². The lowest BCUT2D eigenvalue weighted by Crippen LogP contribution is -2.60. The van der Waals surface area contributed by atoms with Gasteiger partial charge >= 0.3 is 11.9 Å². The van der Waals surface area contributed by atoms with Crippen molar-refractivity contribution in [3.8, 4) is 0 Å². The number of rotatable bonds is 10. The number of aliphatic carboxylic acids is 2. The molecule has 140 valence electrons. The van der Waals surface area contributed by atoms with Gasteiger partial charge < -0.3 is 20.3 Å². The number of piperidine rings is 1. The summed E-state index contributed by atoms with van der Waals surface area (Å²) in [5.41, 5.74) is -0.154. The summed E-state index contributed by atoms with van der Waals surface area (Å²) in [6.07, 6.45) is 4.43. The maximum atomic E-state index is 11.5. The Morgan fingerprint density at radius 2 is 1.58 bits per heavy atom. The molecule has 0 aromatic heterocycles. The topological polar surface area (TPSA) is 95.9 Å². The Hall–Kier alpha value is -1.14. The number of unbranched alkanes of at least 4 members (excludes halogenated alkanes) is 3. The summed E-state index contributed by atoms with van der Waals surface area (Å²) in [6.45, 7) is 8.45. The van der Waals surface area contributed by atoms with Crippen LogP contribution in [0.3, 0.4) is 0 Å². The molecule has 1 rings (SSSR count). The second-order valence-electron chi connectivity index (χ2n) is 8.23. The summed E-state index contributed by atoms with van der Waals surface area (Å²) >= 11 is 0. The predicted octanol–water partition coefficient (Wildman–Crippen LogP) is 3.19. The monoisotopic (exact) mass is 343 g/mol. The van der Waals surface area contributed by atoms with Crippen molar-refractivity contribution < 1.29 is 24.5 Å². The van der Waals surface area contributed by atoms with Gasteiger partial charge in [-0.3, -0.25) is 4.79 Å². The van der Waals surface area contributed by atoms with E-state index in [1.165, 1.54) is 0 Å². The molecular weight excluding hydrogens is 310 g/mol. The number of carboxylic acid groups (broad SMARTS) is 2. The molecule has 0 aromatic carbocycles. The third kappa shape index (κ3) is 8.11. The second-order valence-corrected chi connectivity index (χ2v) is 8.23. The van der Waals surface area contributed by atoms with E-state index in [1.807, 2.05) is 0 Å². The second kappa shape index (κ2) is 8.81. The summed E-state index contributed by atoms with van der Waals surface area (Å²) in [5.74, 6) is -1.69.